The standard InChI is InChI=1S/C13H23N5O/c1-3-4-10-11(14)12(18(2)17-10)15-7-8-16-13(19)9-5-6-9/h9,15H,3-8,14H2,1-2H3,(H,16,19). The van der Waals surface area contributed by atoms with Crippen LogP contribution in [0.5, 0.6) is 0 Å². The van der Waals surface area contributed by atoms with Crippen LogP contribution in [0.1, 0.15) is 31.9 Å². The summed E-state index contributed by atoms with van der Waals surface area (Å²) in [6.45, 7) is 3.38. The molecule has 0 radical (unpaired) electrons. The van der Waals surface area contributed by atoms with Crippen LogP contribution >= 0.6 is 0 Å². The van der Waals surface area contributed by atoms with Gasteiger partial charge in [-0.3, -0.25) is 9.48 Å². The molecule has 1 fully saturated rings. The fourth-order valence-corrected chi connectivity index (χ4v) is 2.08. The molecule has 19 heavy (non-hydrogen) atoms. The summed E-state index contributed by atoms with van der Waals surface area (Å²) >= 11 is 0. The SMILES string of the molecule is CCCc1nn(C)c(NCCNC(=O)C2CC2)c1N. The maximum atomic E-state index is 11.5. The number of aromatic nitrogens is 2. The van der Waals surface area contributed by atoms with Crippen molar-refractivity contribution >= 4 is 17.4 Å². The van der Waals surface area contributed by atoms with E-state index in [-0.39, 0.29) is 11.8 Å². The van der Waals surface area contributed by atoms with E-state index in [0.717, 1.165) is 42.9 Å². The lowest BCUT2D eigenvalue weighted by Crippen LogP contribution is -2.30. The molecule has 1 aromatic rings. The molecule has 2 rings (SSSR count). The molecule has 0 atom stereocenters. The molecule has 6 nitrogen and oxygen atoms in total. The number of carbonyl (C=O) groups is 1. The molecule has 0 aliphatic heterocycles. The Kier molecular flexibility index (Phi) is 4.29. The van der Waals surface area contributed by atoms with Gasteiger partial charge in [0.2, 0.25) is 5.91 Å². The highest BCUT2D eigenvalue weighted by molar-refractivity contribution is 5.80. The Labute approximate surface area is 113 Å². The molecular weight excluding hydrogens is 242 g/mol. The van der Waals surface area contributed by atoms with E-state index in [4.69, 9.17) is 5.73 Å². The van der Waals surface area contributed by atoms with Gasteiger partial charge in [0.1, 0.15) is 5.82 Å². The Morgan fingerprint density at radius 3 is 2.84 bits per heavy atom. The minimum Gasteiger partial charge on any atom is -0.394 e. The molecule has 1 aromatic heterocycles. The lowest BCUT2D eigenvalue weighted by molar-refractivity contribution is -0.122. The van der Waals surface area contributed by atoms with Gasteiger partial charge in [-0.2, -0.15) is 5.10 Å². The zero-order valence-corrected chi connectivity index (χ0v) is 11.7. The number of anilines is 2. The fraction of sp³-hybridized carbons (Fsp3) is 0.692. The van der Waals surface area contributed by atoms with Gasteiger partial charge in [-0.15, -0.1) is 0 Å². The van der Waals surface area contributed by atoms with Crippen molar-refractivity contribution in [1.82, 2.24) is 15.1 Å². The van der Waals surface area contributed by atoms with Gasteiger partial charge in [0.05, 0.1) is 11.4 Å². The van der Waals surface area contributed by atoms with Crippen molar-refractivity contribution in [3.63, 3.8) is 0 Å². The van der Waals surface area contributed by atoms with E-state index in [1.54, 1.807) is 4.68 Å². The molecule has 1 saturated carbocycles. The quantitative estimate of drug-likeness (QED) is 0.639. The van der Waals surface area contributed by atoms with E-state index in [9.17, 15) is 4.79 Å². The fourth-order valence-electron chi connectivity index (χ4n) is 2.08. The molecule has 1 aliphatic carbocycles. The summed E-state index contributed by atoms with van der Waals surface area (Å²) in [4.78, 5) is 11.5. The van der Waals surface area contributed by atoms with Gasteiger partial charge < -0.3 is 16.4 Å². The lowest BCUT2D eigenvalue weighted by atomic mass is 10.2. The van der Waals surface area contributed by atoms with Crippen LogP contribution in [0.15, 0.2) is 0 Å². The predicted molar refractivity (Wildman–Crippen MR) is 75.8 cm³/mol. The lowest BCUT2D eigenvalue weighted by Gasteiger charge is -2.08. The Balaban J connectivity index is 1.80. The van der Waals surface area contributed by atoms with Gasteiger partial charge >= 0.3 is 0 Å². The van der Waals surface area contributed by atoms with Gasteiger partial charge in [-0.25, -0.2) is 0 Å². The first-order valence-corrected chi connectivity index (χ1v) is 6.96. The molecule has 4 N–H and O–H groups in total. The number of rotatable bonds is 7. The van der Waals surface area contributed by atoms with Crippen LogP contribution in [0.25, 0.3) is 0 Å². The number of carbonyl (C=O) groups excluding carboxylic acids is 1. The van der Waals surface area contributed by atoms with Crippen LogP contribution in [0.3, 0.4) is 0 Å². The smallest absolute Gasteiger partial charge is 0.223 e. The van der Waals surface area contributed by atoms with Crippen LogP contribution < -0.4 is 16.4 Å². The molecule has 0 aromatic carbocycles. The maximum absolute atomic E-state index is 11.5. The minimum absolute atomic E-state index is 0.173. The highest BCUT2D eigenvalue weighted by atomic mass is 16.2. The molecule has 1 amide bonds. The van der Waals surface area contributed by atoms with Gasteiger partial charge in [0.15, 0.2) is 0 Å². The number of hydrogen-bond donors (Lipinski definition) is 3. The van der Waals surface area contributed by atoms with Crippen molar-refractivity contribution in [3.8, 4) is 0 Å². The van der Waals surface area contributed by atoms with Crippen LogP contribution in [0.2, 0.25) is 0 Å². The second-order valence-corrected chi connectivity index (χ2v) is 5.07. The number of amides is 1. The van der Waals surface area contributed by atoms with E-state index in [0.29, 0.717) is 13.1 Å². The first kappa shape index (κ1) is 13.7. The van der Waals surface area contributed by atoms with Crippen molar-refractivity contribution in [2.45, 2.75) is 32.6 Å². The van der Waals surface area contributed by atoms with E-state index in [2.05, 4.69) is 22.7 Å². The van der Waals surface area contributed by atoms with Crippen molar-refractivity contribution in [1.29, 1.82) is 0 Å². The molecular formula is C13H23N5O. The third-order valence-electron chi connectivity index (χ3n) is 3.31. The number of aryl methyl sites for hydroxylation is 2. The second kappa shape index (κ2) is 5.95. The summed E-state index contributed by atoms with van der Waals surface area (Å²) < 4.78 is 1.77. The summed E-state index contributed by atoms with van der Waals surface area (Å²) in [7, 11) is 1.88. The average Bonchev–Trinajstić information content (AvgIpc) is 3.17. The predicted octanol–water partition coefficient (Wildman–Crippen LogP) is 0.893. The van der Waals surface area contributed by atoms with Crippen LogP contribution in [-0.4, -0.2) is 28.8 Å². The van der Waals surface area contributed by atoms with Crippen LogP contribution in [0, 0.1) is 5.92 Å². The van der Waals surface area contributed by atoms with E-state index < -0.39 is 0 Å². The molecule has 1 aliphatic rings. The van der Waals surface area contributed by atoms with E-state index in [1.807, 2.05) is 7.05 Å². The first-order chi connectivity index (χ1) is 9.13. The van der Waals surface area contributed by atoms with Crippen LogP contribution in [0.4, 0.5) is 11.5 Å². The third kappa shape index (κ3) is 3.39. The minimum atomic E-state index is 0.173. The average molecular weight is 265 g/mol. The molecule has 0 bridgehead atoms. The van der Waals surface area contributed by atoms with Gasteiger partial charge in [0, 0.05) is 26.1 Å². The topological polar surface area (TPSA) is 85.0 Å². The molecule has 1 heterocycles. The summed E-state index contributed by atoms with van der Waals surface area (Å²) in [6, 6.07) is 0. The Morgan fingerprint density at radius 2 is 2.21 bits per heavy atom. The van der Waals surface area contributed by atoms with E-state index >= 15 is 0 Å². The zero-order chi connectivity index (χ0) is 13.8. The summed E-state index contributed by atoms with van der Waals surface area (Å²) in [5, 5.41) is 10.5. The van der Waals surface area contributed by atoms with E-state index in [1.165, 1.54) is 0 Å². The molecule has 106 valence electrons. The summed E-state index contributed by atoms with van der Waals surface area (Å²) in [5.41, 5.74) is 7.72. The largest absolute Gasteiger partial charge is 0.394 e. The van der Waals surface area contributed by atoms with Crippen molar-refractivity contribution in [3.05, 3.63) is 5.69 Å². The number of nitrogens with zero attached hydrogens (tertiary/aromatic N) is 2. The normalized spacial score (nSPS) is 14.4. The molecule has 0 saturated heterocycles. The Morgan fingerprint density at radius 1 is 1.47 bits per heavy atom. The molecule has 6 heteroatoms. The molecule has 0 spiro atoms. The zero-order valence-electron chi connectivity index (χ0n) is 11.7. The monoisotopic (exact) mass is 265 g/mol. The van der Waals surface area contributed by atoms with Crippen molar-refractivity contribution in [2.75, 3.05) is 24.1 Å². The summed E-state index contributed by atoms with van der Waals surface area (Å²) in [6.07, 6.45) is 3.99. The number of nitrogens with one attached hydrogen (secondary N) is 2. The first-order valence-electron chi connectivity index (χ1n) is 6.96. The summed E-state index contributed by atoms with van der Waals surface area (Å²) in [5.74, 6) is 1.27. The number of nitrogen functional groups attached to an aromatic ring is 1. The van der Waals surface area contributed by atoms with Gasteiger partial charge in [0.25, 0.3) is 0 Å². The number of hydrogen-bond acceptors (Lipinski definition) is 4. The molecule has 0 unspecified atom stereocenters. The highest BCUT2D eigenvalue weighted by Gasteiger charge is 2.28. The number of nitrogens with two attached hydrogens (primary N) is 1. The van der Waals surface area contributed by atoms with Crippen LogP contribution in [-0.2, 0) is 18.3 Å². The van der Waals surface area contributed by atoms with Crippen molar-refractivity contribution in [2.24, 2.45) is 13.0 Å². The van der Waals surface area contributed by atoms with Gasteiger partial charge in [-0.1, -0.05) is 13.3 Å². The maximum Gasteiger partial charge on any atom is 0.223 e. The van der Waals surface area contributed by atoms with Gasteiger partial charge in [-0.05, 0) is 19.3 Å². The van der Waals surface area contributed by atoms with Crippen molar-refractivity contribution < 1.29 is 4.79 Å². The second-order valence-electron chi connectivity index (χ2n) is 5.07. The highest BCUT2D eigenvalue weighted by Crippen LogP contribution is 2.28. The Hall–Kier alpha value is -1.72. The third-order valence-corrected chi connectivity index (χ3v) is 3.31. The Bertz CT molecular complexity index is 450.